The highest BCUT2D eigenvalue weighted by Gasteiger charge is 2.54. The summed E-state index contributed by atoms with van der Waals surface area (Å²) in [4.78, 5) is 15.8. The van der Waals surface area contributed by atoms with Crippen LogP contribution >= 0.6 is 0 Å². The van der Waals surface area contributed by atoms with Crippen molar-refractivity contribution in [3.8, 4) is 0 Å². The number of carboxylic acid groups (broad SMARTS) is 1. The minimum Gasteiger partial charge on any atom is -0.481 e. The third-order valence-corrected chi connectivity index (χ3v) is 5.08. The number of aromatic nitrogens is 1. The van der Waals surface area contributed by atoms with Gasteiger partial charge in [0.15, 0.2) is 0 Å². The molecule has 126 valence electrons. The zero-order chi connectivity index (χ0) is 17.5. The molecule has 3 rings (SSSR count). The Bertz CT molecular complexity index is 753. The van der Waals surface area contributed by atoms with Gasteiger partial charge in [-0.3, -0.25) is 9.78 Å². The summed E-state index contributed by atoms with van der Waals surface area (Å²) < 4.78 is 12.2. The molecular weight excluding hydrogens is 305 g/mol. The standard InChI is InChI=1S/C18H22BNO4/c1-17(2)18(3,4)24-19(23-17)14(11-16(21)22)12-9-10-20-15-8-6-5-7-13(12)15/h5-10,14H,11H2,1-4H3,(H,21,22). The van der Waals surface area contributed by atoms with E-state index in [2.05, 4.69) is 4.98 Å². The molecule has 24 heavy (non-hydrogen) atoms. The van der Waals surface area contributed by atoms with Gasteiger partial charge in [0.2, 0.25) is 0 Å². The van der Waals surface area contributed by atoms with Gasteiger partial charge in [-0.05, 0) is 45.4 Å². The van der Waals surface area contributed by atoms with E-state index < -0.39 is 30.1 Å². The normalized spacial score (nSPS) is 20.2. The van der Waals surface area contributed by atoms with Crippen LogP contribution in [0.1, 0.15) is 45.5 Å². The molecule has 2 heterocycles. The lowest BCUT2D eigenvalue weighted by Crippen LogP contribution is -2.41. The lowest BCUT2D eigenvalue weighted by molar-refractivity contribution is -0.137. The van der Waals surface area contributed by atoms with Crippen molar-refractivity contribution in [3.05, 3.63) is 42.1 Å². The molecule has 2 aromatic rings. The van der Waals surface area contributed by atoms with Gasteiger partial charge in [-0.15, -0.1) is 0 Å². The zero-order valence-corrected chi connectivity index (χ0v) is 14.4. The number of benzene rings is 1. The zero-order valence-electron chi connectivity index (χ0n) is 14.4. The Labute approximate surface area is 142 Å². The molecule has 1 atom stereocenters. The van der Waals surface area contributed by atoms with Crippen LogP contribution in [0, 0.1) is 0 Å². The predicted molar refractivity (Wildman–Crippen MR) is 92.8 cm³/mol. The average molecular weight is 327 g/mol. The number of nitrogens with zero attached hydrogens (tertiary/aromatic N) is 1. The first-order valence-electron chi connectivity index (χ1n) is 8.12. The van der Waals surface area contributed by atoms with Gasteiger partial charge in [0.05, 0.1) is 23.1 Å². The van der Waals surface area contributed by atoms with Gasteiger partial charge in [-0.1, -0.05) is 18.2 Å². The van der Waals surface area contributed by atoms with Gasteiger partial charge >= 0.3 is 13.1 Å². The van der Waals surface area contributed by atoms with Crippen molar-refractivity contribution < 1.29 is 19.2 Å². The van der Waals surface area contributed by atoms with Crippen LogP contribution in [0.15, 0.2) is 36.5 Å². The molecule has 0 spiro atoms. The van der Waals surface area contributed by atoms with E-state index in [1.165, 1.54) is 0 Å². The molecule has 1 aromatic carbocycles. The van der Waals surface area contributed by atoms with E-state index >= 15 is 0 Å². The van der Waals surface area contributed by atoms with Crippen molar-refractivity contribution in [1.29, 1.82) is 0 Å². The average Bonchev–Trinajstić information content (AvgIpc) is 2.72. The Hall–Kier alpha value is -1.92. The molecule has 1 aromatic heterocycles. The highest BCUT2D eigenvalue weighted by molar-refractivity contribution is 6.48. The molecule has 6 heteroatoms. The number of carbonyl (C=O) groups is 1. The van der Waals surface area contributed by atoms with Gasteiger partial charge in [-0.25, -0.2) is 0 Å². The molecule has 0 aliphatic carbocycles. The van der Waals surface area contributed by atoms with Crippen LogP contribution < -0.4 is 0 Å². The smallest absolute Gasteiger partial charge is 0.466 e. The summed E-state index contributed by atoms with van der Waals surface area (Å²) in [5, 5.41) is 10.3. The fourth-order valence-corrected chi connectivity index (χ4v) is 3.04. The second kappa shape index (κ2) is 5.86. The second-order valence-electron chi connectivity index (χ2n) is 7.25. The molecule has 0 amide bonds. The van der Waals surface area contributed by atoms with Crippen molar-refractivity contribution in [2.24, 2.45) is 0 Å². The number of hydrogen-bond donors (Lipinski definition) is 1. The highest BCUT2D eigenvalue weighted by Crippen LogP contribution is 2.42. The molecule has 0 saturated carbocycles. The Balaban J connectivity index is 2.06. The Morgan fingerprint density at radius 3 is 2.42 bits per heavy atom. The quantitative estimate of drug-likeness (QED) is 0.872. The van der Waals surface area contributed by atoms with Crippen LogP contribution in [0.5, 0.6) is 0 Å². The van der Waals surface area contributed by atoms with Crippen LogP contribution in [0.2, 0.25) is 0 Å². The van der Waals surface area contributed by atoms with Crippen LogP contribution in [-0.2, 0) is 14.1 Å². The summed E-state index contributed by atoms with van der Waals surface area (Å²) >= 11 is 0. The SMILES string of the molecule is CC1(C)OB(C(CC(=O)O)c2ccnc3ccccc23)OC1(C)C. The van der Waals surface area contributed by atoms with E-state index in [1.54, 1.807) is 6.20 Å². The number of fused-ring (bicyclic) bond motifs is 1. The third-order valence-electron chi connectivity index (χ3n) is 5.08. The van der Waals surface area contributed by atoms with Gasteiger partial charge in [0.1, 0.15) is 0 Å². The molecular formula is C18H22BNO4. The van der Waals surface area contributed by atoms with Crippen molar-refractivity contribution in [3.63, 3.8) is 0 Å². The summed E-state index contributed by atoms with van der Waals surface area (Å²) in [6, 6.07) is 9.58. The first kappa shape index (κ1) is 16.9. The molecule has 1 saturated heterocycles. The second-order valence-corrected chi connectivity index (χ2v) is 7.25. The Morgan fingerprint density at radius 2 is 1.79 bits per heavy atom. The van der Waals surface area contributed by atoms with Gasteiger partial charge in [0, 0.05) is 17.4 Å². The monoisotopic (exact) mass is 327 g/mol. The van der Waals surface area contributed by atoms with Crippen LogP contribution in [-0.4, -0.2) is 34.4 Å². The number of hydrogen-bond acceptors (Lipinski definition) is 4. The number of carboxylic acids is 1. The minimum absolute atomic E-state index is 0.0646. The van der Waals surface area contributed by atoms with Crippen LogP contribution in [0.25, 0.3) is 10.9 Å². The van der Waals surface area contributed by atoms with E-state index in [0.29, 0.717) is 0 Å². The first-order valence-corrected chi connectivity index (χ1v) is 8.12. The fraction of sp³-hybridized carbons (Fsp3) is 0.444. The van der Waals surface area contributed by atoms with Gasteiger partial charge in [0.25, 0.3) is 0 Å². The largest absolute Gasteiger partial charge is 0.481 e. The summed E-state index contributed by atoms with van der Waals surface area (Å²) in [7, 11) is -0.614. The maximum atomic E-state index is 11.5. The molecule has 0 bridgehead atoms. The first-order chi connectivity index (χ1) is 11.2. The molecule has 1 aliphatic rings. The van der Waals surface area contributed by atoms with Crippen molar-refractivity contribution >= 4 is 24.0 Å². The number of para-hydroxylation sites is 1. The van der Waals surface area contributed by atoms with E-state index in [4.69, 9.17) is 9.31 Å². The third kappa shape index (κ3) is 2.92. The minimum atomic E-state index is -0.879. The van der Waals surface area contributed by atoms with Crippen molar-refractivity contribution in [2.45, 2.75) is 51.1 Å². The molecule has 1 unspecified atom stereocenters. The fourth-order valence-electron chi connectivity index (χ4n) is 3.04. The van der Waals surface area contributed by atoms with Gasteiger partial charge in [-0.2, -0.15) is 0 Å². The van der Waals surface area contributed by atoms with Crippen molar-refractivity contribution in [2.75, 3.05) is 0 Å². The van der Waals surface area contributed by atoms with Crippen LogP contribution in [0.4, 0.5) is 0 Å². The number of aliphatic carboxylic acids is 1. The lowest BCUT2D eigenvalue weighted by atomic mass is 9.65. The predicted octanol–water partition coefficient (Wildman–Crippen LogP) is 3.42. The van der Waals surface area contributed by atoms with E-state index in [-0.39, 0.29) is 6.42 Å². The molecule has 5 nitrogen and oxygen atoms in total. The number of pyridine rings is 1. The summed E-state index contributed by atoms with van der Waals surface area (Å²) in [6.07, 6.45) is 1.64. The molecule has 1 fully saturated rings. The lowest BCUT2D eigenvalue weighted by Gasteiger charge is -2.32. The molecule has 1 N–H and O–H groups in total. The topological polar surface area (TPSA) is 68.7 Å². The van der Waals surface area contributed by atoms with E-state index in [9.17, 15) is 9.90 Å². The van der Waals surface area contributed by atoms with E-state index in [1.807, 2.05) is 58.0 Å². The summed E-state index contributed by atoms with van der Waals surface area (Å²) in [5.41, 5.74) is 0.720. The van der Waals surface area contributed by atoms with E-state index in [0.717, 1.165) is 16.5 Å². The summed E-state index contributed by atoms with van der Waals surface area (Å²) in [5.74, 6) is -1.29. The van der Waals surface area contributed by atoms with Gasteiger partial charge < -0.3 is 14.4 Å². The maximum Gasteiger partial charge on any atom is 0.466 e. The van der Waals surface area contributed by atoms with Crippen LogP contribution in [0.3, 0.4) is 0 Å². The molecule has 0 radical (unpaired) electrons. The van der Waals surface area contributed by atoms with Crippen molar-refractivity contribution in [1.82, 2.24) is 4.98 Å². The number of rotatable bonds is 4. The maximum absolute atomic E-state index is 11.5. The molecule has 1 aliphatic heterocycles. The highest BCUT2D eigenvalue weighted by atomic mass is 16.7. The summed E-state index contributed by atoms with van der Waals surface area (Å²) in [6.45, 7) is 7.87. The Kier molecular flexibility index (Phi) is 4.14. The Morgan fingerprint density at radius 1 is 1.17 bits per heavy atom.